The van der Waals surface area contributed by atoms with Crippen LogP contribution in [0.15, 0.2) is 23.1 Å². The van der Waals surface area contributed by atoms with Gasteiger partial charge in [0, 0.05) is 14.5 Å². The van der Waals surface area contributed by atoms with E-state index in [9.17, 15) is 0 Å². The van der Waals surface area contributed by atoms with E-state index in [2.05, 4.69) is 19.6 Å². The molecule has 0 radical (unpaired) electrons. The zero-order valence-electron chi connectivity index (χ0n) is 7.24. The predicted molar refractivity (Wildman–Crippen MR) is 59.7 cm³/mol. The molecule has 68 valence electrons. The molecule has 3 heteroatoms. The van der Waals surface area contributed by atoms with Gasteiger partial charge in [-0.3, -0.25) is 0 Å². The standard InChI is InChI=1S/C10H10OS2/c1-6-2-7(12)3-10-9(6)4-8(5-11)13-10/h2-4,11-12H,5H2,1H3. The molecule has 0 aliphatic carbocycles. The smallest absolute Gasteiger partial charge is 0.0774 e. The summed E-state index contributed by atoms with van der Waals surface area (Å²) in [6.45, 7) is 2.19. The molecule has 0 spiro atoms. The fraction of sp³-hybridized carbons (Fsp3) is 0.200. The molecule has 1 heterocycles. The molecule has 2 aromatic rings. The van der Waals surface area contributed by atoms with Crippen LogP contribution in [0.1, 0.15) is 10.4 Å². The quantitative estimate of drug-likeness (QED) is 0.693. The molecule has 1 aromatic carbocycles. The van der Waals surface area contributed by atoms with Crippen LogP contribution in [0.2, 0.25) is 0 Å². The summed E-state index contributed by atoms with van der Waals surface area (Å²) in [6, 6.07) is 6.12. The number of aliphatic hydroxyl groups is 1. The molecule has 0 aliphatic heterocycles. The van der Waals surface area contributed by atoms with Crippen molar-refractivity contribution >= 4 is 34.1 Å². The SMILES string of the molecule is Cc1cc(S)cc2sc(CO)cc12. The maximum atomic E-state index is 8.99. The van der Waals surface area contributed by atoms with E-state index in [1.807, 2.05) is 18.2 Å². The number of thiol groups is 1. The Morgan fingerprint density at radius 3 is 2.85 bits per heavy atom. The molecule has 0 bridgehead atoms. The van der Waals surface area contributed by atoms with Crippen LogP contribution < -0.4 is 0 Å². The van der Waals surface area contributed by atoms with Crippen molar-refractivity contribution in [3.05, 3.63) is 28.6 Å². The maximum absolute atomic E-state index is 8.99. The number of fused-ring (bicyclic) bond motifs is 1. The minimum absolute atomic E-state index is 0.126. The number of thiophene rings is 1. The van der Waals surface area contributed by atoms with Crippen LogP contribution in [0.5, 0.6) is 0 Å². The summed E-state index contributed by atoms with van der Waals surface area (Å²) in [6.07, 6.45) is 0. The lowest BCUT2D eigenvalue weighted by Crippen LogP contribution is -1.74. The van der Waals surface area contributed by atoms with Gasteiger partial charge in [-0.05, 0) is 36.1 Å². The molecule has 1 aromatic heterocycles. The summed E-state index contributed by atoms with van der Waals surface area (Å²) in [7, 11) is 0. The monoisotopic (exact) mass is 210 g/mol. The van der Waals surface area contributed by atoms with E-state index in [4.69, 9.17) is 5.11 Å². The Kier molecular flexibility index (Phi) is 2.32. The van der Waals surface area contributed by atoms with Gasteiger partial charge in [0.25, 0.3) is 0 Å². The summed E-state index contributed by atoms with van der Waals surface area (Å²) in [4.78, 5) is 1.99. The predicted octanol–water partition coefficient (Wildman–Crippen LogP) is 2.99. The minimum Gasteiger partial charge on any atom is -0.391 e. The first kappa shape index (κ1) is 9.06. The van der Waals surface area contributed by atoms with Crippen LogP contribution in [0.3, 0.4) is 0 Å². The van der Waals surface area contributed by atoms with Crippen LogP contribution in [-0.4, -0.2) is 5.11 Å². The largest absolute Gasteiger partial charge is 0.391 e. The van der Waals surface area contributed by atoms with E-state index >= 15 is 0 Å². The van der Waals surface area contributed by atoms with Gasteiger partial charge in [0.05, 0.1) is 6.61 Å². The van der Waals surface area contributed by atoms with Gasteiger partial charge >= 0.3 is 0 Å². The number of aryl methyl sites for hydroxylation is 1. The summed E-state index contributed by atoms with van der Waals surface area (Å²) in [5.74, 6) is 0. The first-order valence-corrected chi connectivity index (χ1v) is 5.30. The van der Waals surface area contributed by atoms with Crippen LogP contribution in [0.4, 0.5) is 0 Å². The molecule has 13 heavy (non-hydrogen) atoms. The van der Waals surface area contributed by atoms with Crippen LogP contribution in [-0.2, 0) is 6.61 Å². The third-order valence-electron chi connectivity index (χ3n) is 2.04. The number of benzene rings is 1. The molecular formula is C10H10OS2. The van der Waals surface area contributed by atoms with E-state index in [0.717, 1.165) is 9.77 Å². The zero-order chi connectivity index (χ0) is 9.42. The molecule has 2 rings (SSSR count). The summed E-state index contributed by atoms with van der Waals surface area (Å²) in [5, 5.41) is 10.2. The van der Waals surface area contributed by atoms with Crippen molar-refractivity contribution in [1.82, 2.24) is 0 Å². The molecule has 0 amide bonds. The van der Waals surface area contributed by atoms with Gasteiger partial charge in [-0.2, -0.15) is 0 Å². The van der Waals surface area contributed by atoms with Gasteiger partial charge in [-0.25, -0.2) is 0 Å². The minimum atomic E-state index is 0.126. The van der Waals surface area contributed by atoms with Crippen LogP contribution >= 0.6 is 24.0 Å². The number of aliphatic hydroxyl groups excluding tert-OH is 1. The number of hydrogen-bond acceptors (Lipinski definition) is 3. The lowest BCUT2D eigenvalue weighted by atomic mass is 10.1. The Labute approximate surface area is 86.4 Å². The van der Waals surface area contributed by atoms with E-state index in [1.165, 1.54) is 15.6 Å². The molecule has 0 atom stereocenters. The normalized spacial score (nSPS) is 11.0. The second-order valence-electron chi connectivity index (χ2n) is 3.05. The number of rotatable bonds is 1. The second-order valence-corrected chi connectivity index (χ2v) is 4.73. The highest BCUT2D eigenvalue weighted by Gasteiger charge is 2.03. The van der Waals surface area contributed by atoms with Gasteiger partial charge in [-0.1, -0.05) is 0 Å². The van der Waals surface area contributed by atoms with Gasteiger partial charge in [-0.15, -0.1) is 24.0 Å². The molecule has 0 aliphatic rings. The fourth-order valence-corrected chi connectivity index (χ4v) is 2.88. The van der Waals surface area contributed by atoms with Crippen LogP contribution in [0, 0.1) is 6.92 Å². The Morgan fingerprint density at radius 2 is 2.15 bits per heavy atom. The molecule has 1 nitrogen and oxygen atoms in total. The first-order valence-electron chi connectivity index (χ1n) is 4.03. The number of hydrogen-bond donors (Lipinski definition) is 2. The van der Waals surface area contributed by atoms with Gasteiger partial charge < -0.3 is 5.11 Å². The topological polar surface area (TPSA) is 20.2 Å². The summed E-state index contributed by atoms with van der Waals surface area (Å²) < 4.78 is 1.20. The Morgan fingerprint density at radius 1 is 1.38 bits per heavy atom. The second kappa shape index (κ2) is 3.33. The zero-order valence-corrected chi connectivity index (χ0v) is 8.95. The molecule has 0 unspecified atom stereocenters. The highest BCUT2D eigenvalue weighted by Crippen LogP contribution is 2.30. The lowest BCUT2D eigenvalue weighted by Gasteiger charge is -1.96. The Hall–Kier alpha value is -0.510. The summed E-state index contributed by atoms with van der Waals surface area (Å²) >= 11 is 5.94. The molecule has 0 saturated carbocycles. The van der Waals surface area contributed by atoms with Crippen molar-refractivity contribution < 1.29 is 5.11 Å². The molecule has 1 N–H and O–H groups in total. The third-order valence-corrected chi connectivity index (χ3v) is 3.36. The Balaban J connectivity index is 2.75. The van der Waals surface area contributed by atoms with Crippen molar-refractivity contribution in [2.75, 3.05) is 0 Å². The molecule has 0 fully saturated rings. The summed E-state index contributed by atoms with van der Waals surface area (Å²) in [5.41, 5.74) is 1.22. The highest BCUT2D eigenvalue weighted by atomic mass is 32.1. The van der Waals surface area contributed by atoms with E-state index in [1.54, 1.807) is 11.3 Å². The van der Waals surface area contributed by atoms with Gasteiger partial charge in [0.15, 0.2) is 0 Å². The average molecular weight is 210 g/mol. The van der Waals surface area contributed by atoms with Crippen molar-refractivity contribution in [3.63, 3.8) is 0 Å². The molecular weight excluding hydrogens is 200 g/mol. The van der Waals surface area contributed by atoms with Gasteiger partial charge in [0.2, 0.25) is 0 Å². The van der Waals surface area contributed by atoms with Crippen molar-refractivity contribution in [1.29, 1.82) is 0 Å². The van der Waals surface area contributed by atoms with E-state index in [-0.39, 0.29) is 6.61 Å². The highest BCUT2D eigenvalue weighted by molar-refractivity contribution is 7.80. The van der Waals surface area contributed by atoms with E-state index < -0.39 is 0 Å². The maximum Gasteiger partial charge on any atom is 0.0774 e. The van der Waals surface area contributed by atoms with Crippen molar-refractivity contribution in [2.24, 2.45) is 0 Å². The lowest BCUT2D eigenvalue weighted by molar-refractivity contribution is 0.285. The Bertz CT molecular complexity index is 445. The van der Waals surface area contributed by atoms with Crippen molar-refractivity contribution in [3.8, 4) is 0 Å². The fourth-order valence-electron chi connectivity index (χ4n) is 1.43. The van der Waals surface area contributed by atoms with Gasteiger partial charge in [0.1, 0.15) is 0 Å². The van der Waals surface area contributed by atoms with Crippen LogP contribution in [0.25, 0.3) is 10.1 Å². The first-order chi connectivity index (χ1) is 6.20. The van der Waals surface area contributed by atoms with E-state index in [0.29, 0.717) is 0 Å². The third kappa shape index (κ3) is 1.59. The average Bonchev–Trinajstić information content (AvgIpc) is 2.47. The molecule has 0 saturated heterocycles. The van der Waals surface area contributed by atoms with Crippen molar-refractivity contribution in [2.45, 2.75) is 18.4 Å².